The predicted molar refractivity (Wildman–Crippen MR) is 51.7 cm³/mol. The van der Waals surface area contributed by atoms with Gasteiger partial charge in [-0.1, -0.05) is 0 Å². The quantitative estimate of drug-likeness (QED) is 0.677. The lowest BCUT2D eigenvalue weighted by atomic mass is 9.93. The van der Waals surface area contributed by atoms with Gasteiger partial charge in [-0.2, -0.15) is 5.26 Å². The smallest absolute Gasteiger partial charge is 0.0920 e. The summed E-state index contributed by atoms with van der Waals surface area (Å²) in [5, 5.41) is 8.60. The van der Waals surface area contributed by atoms with Crippen molar-refractivity contribution in [2.45, 2.75) is 56.8 Å². The molecule has 14 heavy (non-hydrogen) atoms. The highest BCUT2D eigenvalue weighted by Gasteiger charge is 2.44. The van der Waals surface area contributed by atoms with E-state index in [0.717, 1.165) is 32.3 Å². The standard InChI is InChI=1S/C11H17NO2/c1-11(10-3-2-8-13-10)6-4-9(14-11)5-7-12/h9-10H,2-6,8H2,1H3. The highest BCUT2D eigenvalue weighted by atomic mass is 16.6. The van der Waals surface area contributed by atoms with Crippen LogP contribution >= 0.6 is 0 Å². The number of rotatable bonds is 2. The first-order valence-corrected chi connectivity index (χ1v) is 5.41. The molecule has 0 aromatic heterocycles. The van der Waals surface area contributed by atoms with E-state index in [-0.39, 0.29) is 17.8 Å². The van der Waals surface area contributed by atoms with E-state index in [4.69, 9.17) is 14.7 Å². The van der Waals surface area contributed by atoms with E-state index in [0.29, 0.717) is 6.42 Å². The Morgan fingerprint density at radius 3 is 3.00 bits per heavy atom. The van der Waals surface area contributed by atoms with Crippen LogP contribution in [-0.4, -0.2) is 24.4 Å². The summed E-state index contributed by atoms with van der Waals surface area (Å²) in [6.45, 7) is 2.99. The van der Waals surface area contributed by atoms with Crippen molar-refractivity contribution in [2.75, 3.05) is 6.61 Å². The van der Waals surface area contributed by atoms with E-state index >= 15 is 0 Å². The number of nitriles is 1. The highest BCUT2D eigenvalue weighted by Crippen LogP contribution is 2.38. The molecule has 0 aliphatic carbocycles. The topological polar surface area (TPSA) is 42.2 Å². The second kappa shape index (κ2) is 3.88. The molecule has 3 nitrogen and oxygen atoms in total. The molecule has 0 amide bonds. The molecule has 2 aliphatic heterocycles. The lowest BCUT2D eigenvalue weighted by Gasteiger charge is -2.30. The molecule has 2 heterocycles. The van der Waals surface area contributed by atoms with E-state index in [2.05, 4.69) is 13.0 Å². The van der Waals surface area contributed by atoms with Crippen LogP contribution in [0.2, 0.25) is 0 Å². The van der Waals surface area contributed by atoms with Crippen molar-refractivity contribution in [3.63, 3.8) is 0 Å². The van der Waals surface area contributed by atoms with Crippen LogP contribution in [0, 0.1) is 11.3 Å². The lowest BCUT2D eigenvalue weighted by Crippen LogP contribution is -2.38. The third-order valence-corrected chi connectivity index (χ3v) is 3.33. The van der Waals surface area contributed by atoms with Crippen LogP contribution < -0.4 is 0 Å². The molecule has 0 aromatic rings. The zero-order chi connectivity index (χ0) is 10.0. The van der Waals surface area contributed by atoms with Crippen molar-refractivity contribution < 1.29 is 9.47 Å². The average molecular weight is 195 g/mol. The second-order valence-corrected chi connectivity index (χ2v) is 4.46. The number of nitrogens with zero attached hydrogens (tertiary/aromatic N) is 1. The van der Waals surface area contributed by atoms with Crippen molar-refractivity contribution in [1.82, 2.24) is 0 Å². The number of hydrogen-bond acceptors (Lipinski definition) is 3. The zero-order valence-corrected chi connectivity index (χ0v) is 8.66. The van der Waals surface area contributed by atoms with Crippen molar-refractivity contribution in [3.05, 3.63) is 0 Å². The van der Waals surface area contributed by atoms with E-state index in [1.165, 1.54) is 0 Å². The van der Waals surface area contributed by atoms with Crippen LogP contribution in [0.25, 0.3) is 0 Å². The van der Waals surface area contributed by atoms with Crippen LogP contribution in [0.5, 0.6) is 0 Å². The Morgan fingerprint density at radius 2 is 2.36 bits per heavy atom. The largest absolute Gasteiger partial charge is 0.375 e. The molecular formula is C11H17NO2. The SMILES string of the molecule is CC1(C2CCCO2)CCC(CC#N)O1. The van der Waals surface area contributed by atoms with Gasteiger partial charge in [0, 0.05) is 6.61 Å². The second-order valence-electron chi connectivity index (χ2n) is 4.46. The van der Waals surface area contributed by atoms with Crippen LogP contribution in [0.3, 0.4) is 0 Å². The fourth-order valence-corrected chi connectivity index (χ4v) is 2.49. The Hall–Kier alpha value is -0.590. The summed E-state index contributed by atoms with van der Waals surface area (Å²) in [7, 11) is 0. The fourth-order valence-electron chi connectivity index (χ4n) is 2.49. The van der Waals surface area contributed by atoms with Gasteiger partial charge in [-0.25, -0.2) is 0 Å². The van der Waals surface area contributed by atoms with Crippen LogP contribution in [0.1, 0.15) is 39.0 Å². The molecule has 3 atom stereocenters. The molecule has 3 unspecified atom stereocenters. The molecule has 3 heteroatoms. The molecule has 0 radical (unpaired) electrons. The first-order chi connectivity index (χ1) is 6.74. The normalized spacial score (nSPS) is 42.6. The minimum absolute atomic E-state index is 0.127. The Morgan fingerprint density at radius 1 is 1.50 bits per heavy atom. The first kappa shape index (κ1) is 9.95. The Labute approximate surface area is 85.0 Å². The maximum atomic E-state index is 8.60. The van der Waals surface area contributed by atoms with Gasteiger partial charge < -0.3 is 9.47 Å². The minimum atomic E-state index is -0.127. The van der Waals surface area contributed by atoms with E-state index in [9.17, 15) is 0 Å². The molecule has 0 saturated carbocycles. The van der Waals surface area contributed by atoms with Gasteiger partial charge in [0.25, 0.3) is 0 Å². The van der Waals surface area contributed by atoms with Gasteiger partial charge >= 0.3 is 0 Å². The van der Waals surface area contributed by atoms with E-state index < -0.39 is 0 Å². The maximum Gasteiger partial charge on any atom is 0.0920 e. The van der Waals surface area contributed by atoms with Crippen LogP contribution in [0.4, 0.5) is 0 Å². The van der Waals surface area contributed by atoms with Crippen molar-refractivity contribution >= 4 is 0 Å². The molecule has 78 valence electrons. The Bertz CT molecular complexity index is 242. The van der Waals surface area contributed by atoms with Gasteiger partial charge in [-0.3, -0.25) is 0 Å². The van der Waals surface area contributed by atoms with Gasteiger partial charge in [-0.15, -0.1) is 0 Å². The Kier molecular flexibility index (Phi) is 2.76. The van der Waals surface area contributed by atoms with Gasteiger partial charge in [0.1, 0.15) is 0 Å². The number of ether oxygens (including phenoxy) is 2. The van der Waals surface area contributed by atoms with Crippen molar-refractivity contribution in [1.29, 1.82) is 5.26 Å². The van der Waals surface area contributed by atoms with Gasteiger partial charge in [-0.05, 0) is 32.6 Å². The van der Waals surface area contributed by atoms with Crippen LogP contribution in [-0.2, 0) is 9.47 Å². The third-order valence-electron chi connectivity index (χ3n) is 3.33. The number of hydrogen-bond donors (Lipinski definition) is 0. The van der Waals surface area contributed by atoms with Gasteiger partial charge in [0.15, 0.2) is 0 Å². The Balaban J connectivity index is 1.94. The molecular weight excluding hydrogens is 178 g/mol. The summed E-state index contributed by atoms with van der Waals surface area (Å²) in [6, 6.07) is 2.17. The summed E-state index contributed by atoms with van der Waals surface area (Å²) in [5.41, 5.74) is -0.127. The molecule has 0 N–H and O–H groups in total. The summed E-state index contributed by atoms with van der Waals surface area (Å²) in [6.07, 6.45) is 5.19. The maximum absolute atomic E-state index is 8.60. The molecule has 2 saturated heterocycles. The van der Waals surface area contributed by atoms with Crippen molar-refractivity contribution in [3.8, 4) is 6.07 Å². The van der Waals surface area contributed by atoms with E-state index in [1.54, 1.807) is 0 Å². The summed E-state index contributed by atoms with van der Waals surface area (Å²) >= 11 is 0. The monoisotopic (exact) mass is 195 g/mol. The van der Waals surface area contributed by atoms with Gasteiger partial charge in [0.2, 0.25) is 0 Å². The van der Waals surface area contributed by atoms with Crippen LogP contribution in [0.15, 0.2) is 0 Å². The predicted octanol–water partition coefficient (Wildman–Crippen LogP) is 2.02. The summed E-state index contributed by atoms with van der Waals surface area (Å²) < 4.78 is 11.6. The van der Waals surface area contributed by atoms with Crippen molar-refractivity contribution in [2.24, 2.45) is 0 Å². The average Bonchev–Trinajstić information content (AvgIpc) is 2.75. The third kappa shape index (κ3) is 1.77. The molecule has 2 aliphatic rings. The lowest BCUT2D eigenvalue weighted by molar-refractivity contribution is -0.109. The highest BCUT2D eigenvalue weighted by molar-refractivity contribution is 4.95. The summed E-state index contributed by atoms with van der Waals surface area (Å²) in [4.78, 5) is 0. The molecule has 0 bridgehead atoms. The molecule has 2 fully saturated rings. The first-order valence-electron chi connectivity index (χ1n) is 5.41. The summed E-state index contributed by atoms with van der Waals surface area (Å²) in [5.74, 6) is 0. The molecule has 0 aromatic carbocycles. The molecule has 2 rings (SSSR count). The van der Waals surface area contributed by atoms with E-state index in [1.807, 2.05) is 0 Å². The zero-order valence-electron chi connectivity index (χ0n) is 8.66. The fraction of sp³-hybridized carbons (Fsp3) is 0.909. The van der Waals surface area contributed by atoms with Gasteiger partial charge in [0.05, 0.1) is 30.3 Å². The molecule has 0 spiro atoms. The minimum Gasteiger partial charge on any atom is -0.375 e.